The number of hydrogen-bond acceptors (Lipinski definition) is 4. The fraction of sp³-hybridized carbons (Fsp3) is 0.474. The number of rotatable bonds is 6. The summed E-state index contributed by atoms with van der Waals surface area (Å²) in [4.78, 5) is 14.8. The Kier molecular flexibility index (Phi) is 5.26. The van der Waals surface area contributed by atoms with Crippen LogP contribution in [0.1, 0.15) is 24.0 Å². The molecule has 3 rings (SSSR count). The molecule has 6 heteroatoms. The highest BCUT2D eigenvalue weighted by Gasteiger charge is 2.29. The standard InChI is InChI=1S/C19H25N3O3/c1-14-11-20-21(12-14)13-16-5-4-8-22(16)19(23)10-15-6-7-17(24-2)18(9-15)25-3/h6-7,9,11-12,16H,4-5,8,10,13H2,1-3H3/t16-/m1/s1. The third-order valence-electron chi connectivity index (χ3n) is 4.66. The molecule has 134 valence electrons. The number of aryl methyl sites for hydroxylation is 1. The molecule has 1 fully saturated rings. The van der Waals surface area contributed by atoms with E-state index in [4.69, 9.17) is 9.47 Å². The Morgan fingerprint density at radius 1 is 1.28 bits per heavy atom. The molecule has 25 heavy (non-hydrogen) atoms. The Hall–Kier alpha value is -2.50. The lowest BCUT2D eigenvalue weighted by atomic mass is 10.1. The highest BCUT2D eigenvalue weighted by Crippen LogP contribution is 2.28. The highest BCUT2D eigenvalue weighted by molar-refractivity contribution is 5.79. The summed E-state index contributed by atoms with van der Waals surface area (Å²) in [5.41, 5.74) is 2.07. The van der Waals surface area contributed by atoms with Crippen molar-refractivity contribution in [3.05, 3.63) is 41.7 Å². The molecule has 1 saturated heterocycles. The molecular weight excluding hydrogens is 318 g/mol. The van der Waals surface area contributed by atoms with Crippen molar-refractivity contribution in [3.63, 3.8) is 0 Å². The summed E-state index contributed by atoms with van der Waals surface area (Å²) < 4.78 is 12.5. The van der Waals surface area contributed by atoms with E-state index in [1.165, 1.54) is 0 Å². The Balaban J connectivity index is 1.67. The second kappa shape index (κ2) is 7.59. The van der Waals surface area contributed by atoms with Gasteiger partial charge in [0.25, 0.3) is 0 Å². The van der Waals surface area contributed by atoms with Crippen molar-refractivity contribution in [3.8, 4) is 11.5 Å². The van der Waals surface area contributed by atoms with Gasteiger partial charge in [-0.3, -0.25) is 9.48 Å². The zero-order valence-electron chi connectivity index (χ0n) is 15.1. The van der Waals surface area contributed by atoms with Crippen LogP contribution in [0.25, 0.3) is 0 Å². The first-order valence-electron chi connectivity index (χ1n) is 8.60. The second-order valence-corrected chi connectivity index (χ2v) is 6.49. The van der Waals surface area contributed by atoms with E-state index in [-0.39, 0.29) is 11.9 Å². The van der Waals surface area contributed by atoms with E-state index in [0.717, 1.165) is 37.1 Å². The molecule has 0 spiro atoms. The molecule has 1 amide bonds. The minimum absolute atomic E-state index is 0.151. The van der Waals surface area contributed by atoms with E-state index < -0.39 is 0 Å². The minimum Gasteiger partial charge on any atom is -0.493 e. The quantitative estimate of drug-likeness (QED) is 0.808. The van der Waals surface area contributed by atoms with Crippen LogP contribution in [0, 0.1) is 6.92 Å². The molecule has 0 aliphatic carbocycles. The normalized spacial score (nSPS) is 16.9. The zero-order chi connectivity index (χ0) is 17.8. The van der Waals surface area contributed by atoms with Gasteiger partial charge in [-0.25, -0.2) is 0 Å². The van der Waals surface area contributed by atoms with E-state index >= 15 is 0 Å². The van der Waals surface area contributed by atoms with Gasteiger partial charge >= 0.3 is 0 Å². The van der Waals surface area contributed by atoms with Gasteiger partial charge in [-0.05, 0) is 43.0 Å². The fourth-order valence-electron chi connectivity index (χ4n) is 3.40. The number of likely N-dealkylation sites (tertiary alicyclic amines) is 1. The van der Waals surface area contributed by atoms with Crippen molar-refractivity contribution in [1.29, 1.82) is 0 Å². The fourth-order valence-corrected chi connectivity index (χ4v) is 3.40. The predicted molar refractivity (Wildman–Crippen MR) is 94.9 cm³/mol. The third kappa shape index (κ3) is 3.95. The zero-order valence-corrected chi connectivity index (χ0v) is 15.1. The van der Waals surface area contributed by atoms with Crippen molar-refractivity contribution >= 4 is 5.91 Å². The smallest absolute Gasteiger partial charge is 0.227 e. The molecule has 1 aromatic heterocycles. The van der Waals surface area contributed by atoms with Crippen molar-refractivity contribution < 1.29 is 14.3 Å². The summed E-state index contributed by atoms with van der Waals surface area (Å²) in [5.74, 6) is 1.48. The van der Waals surface area contributed by atoms with Crippen LogP contribution in [0.2, 0.25) is 0 Å². The number of aromatic nitrogens is 2. The average molecular weight is 343 g/mol. The highest BCUT2D eigenvalue weighted by atomic mass is 16.5. The largest absolute Gasteiger partial charge is 0.493 e. The van der Waals surface area contributed by atoms with Crippen molar-refractivity contribution in [2.45, 2.75) is 38.8 Å². The van der Waals surface area contributed by atoms with E-state index in [0.29, 0.717) is 17.9 Å². The van der Waals surface area contributed by atoms with Crippen LogP contribution in [-0.2, 0) is 17.8 Å². The van der Waals surface area contributed by atoms with Crippen LogP contribution >= 0.6 is 0 Å². The maximum atomic E-state index is 12.8. The van der Waals surface area contributed by atoms with E-state index in [1.54, 1.807) is 14.2 Å². The van der Waals surface area contributed by atoms with Crippen LogP contribution in [0.15, 0.2) is 30.6 Å². The van der Waals surface area contributed by atoms with E-state index in [2.05, 4.69) is 5.10 Å². The summed E-state index contributed by atoms with van der Waals surface area (Å²) in [7, 11) is 3.21. The van der Waals surface area contributed by atoms with Crippen molar-refractivity contribution in [2.75, 3.05) is 20.8 Å². The number of amides is 1. The molecule has 0 N–H and O–H groups in total. The molecule has 0 radical (unpaired) electrons. The van der Waals surface area contributed by atoms with E-state index in [9.17, 15) is 4.79 Å². The summed E-state index contributed by atoms with van der Waals surface area (Å²) in [6, 6.07) is 5.85. The number of ether oxygens (including phenoxy) is 2. The number of carbonyl (C=O) groups is 1. The first-order valence-corrected chi connectivity index (χ1v) is 8.60. The molecule has 6 nitrogen and oxygen atoms in total. The topological polar surface area (TPSA) is 56.6 Å². The Bertz CT molecular complexity index is 741. The molecule has 1 aliphatic heterocycles. The van der Waals surface area contributed by atoms with Gasteiger partial charge in [0.2, 0.25) is 5.91 Å². The SMILES string of the molecule is COc1ccc(CC(=O)N2CCC[C@@H]2Cn2cc(C)cn2)cc1OC. The first-order chi connectivity index (χ1) is 12.1. The van der Waals surface area contributed by atoms with Crippen molar-refractivity contribution in [1.82, 2.24) is 14.7 Å². The Labute approximate surface area is 148 Å². The maximum Gasteiger partial charge on any atom is 0.227 e. The van der Waals surface area contributed by atoms with Gasteiger partial charge in [0.05, 0.1) is 39.4 Å². The second-order valence-electron chi connectivity index (χ2n) is 6.49. The van der Waals surface area contributed by atoms with Crippen LogP contribution in [-0.4, -0.2) is 47.4 Å². The lowest BCUT2D eigenvalue weighted by Crippen LogP contribution is -2.39. The summed E-state index contributed by atoms with van der Waals surface area (Å²) >= 11 is 0. The van der Waals surface area contributed by atoms with Gasteiger partial charge in [-0.2, -0.15) is 5.10 Å². The average Bonchev–Trinajstić information content (AvgIpc) is 3.24. The Morgan fingerprint density at radius 3 is 2.76 bits per heavy atom. The van der Waals surface area contributed by atoms with Crippen LogP contribution < -0.4 is 9.47 Å². The van der Waals surface area contributed by atoms with Crippen LogP contribution in [0.3, 0.4) is 0 Å². The molecular formula is C19H25N3O3. The van der Waals surface area contributed by atoms with Gasteiger partial charge in [0.1, 0.15) is 0 Å². The van der Waals surface area contributed by atoms with Crippen LogP contribution in [0.5, 0.6) is 11.5 Å². The number of hydrogen-bond donors (Lipinski definition) is 0. The predicted octanol–water partition coefficient (Wildman–Crippen LogP) is 2.44. The molecule has 1 aliphatic rings. The first kappa shape index (κ1) is 17.3. The lowest BCUT2D eigenvalue weighted by Gasteiger charge is -2.25. The molecule has 0 bridgehead atoms. The van der Waals surface area contributed by atoms with E-state index in [1.807, 2.05) is 47.1 Å². The van der Waals surface area contributed by atoms with Gasteiger partial charge < -0.3 is 14.4 Å². The monoisotopic (exact) mass is 343 g/mol. The lowest BCUT2D eigenvalue weighted by molar-refractivity contribution is -0.131. The van der Waals surface area contributed by atoms with Gasteiger partial charge in [0.15, 0.2) is 11.5 Å². The number of carbonyl (C=O) groups excluding carboxylic acids is 1. The Morgan fingerprint density at radius 2 is 2.08 bits per heavy atom. The van der Waals surface area contributed by atoms with Gasteiger partial charge in [0, 0.05) is 12.7 Å². The van der Waals surface area contributed by atoms with Crippen molar-refractivity contribution in [2.24, 2.45) is 0 Å². The number of benzene rings is 1. The maximum absolute atomic E-state index is 12.8. The summed E-state index contributed by atoms with van der Waals surface area (Å²) in [5, 5.41) is 4.35. The molecule has 1 aromatic carbocycles. The van der Waals surface area contributed by atoms with Crippen LogP contribution in [0.4, 0.5) is 0 Å². The molecule has 2 heterocycles. The minimum atomic E-state index is 0.151. The number of methoxy groups -OCH3 is 2. The molecule has 1 atom stereocenters. The molecule has 0 unspecified atom stereocenters. The van der Waals surface area contributed by atoms with Gasteiger partial charge in [-0.15, -0.1) is 0 Å². The summed E-state index contributed by atoms with van der Waals surface area (Å²) in [6.45, 7) is 3.60. The van der Waals surface area contributed by atoms with Gasteiger partial charge in [-0.1, -0.05) is 6.07 Å². The third-order valence-corrected chi connectivity index (χ3v) is 4.66. The summed E-state index contributed by atoms with van der Waals surface area (Å²) in [6.07, 6.45) is 6.31. The molecule has 0 saturated carbocycles. The number of nitrogens with zero attached hydrogens (tertiary/aromatic N) is 3. The molecule has 2 aromatic rings.